The molecule has 0 aliphatic carbocycles. The van der Waals surface area contributed by atoms with Crippen LogP contribution < -0.4 is 5.73 Å². The Bertz CT molecular complexity index is 163. The highest BCUT2D eigenvalue weighted by Gasteiger charge is 1.89. The number of nitrogens with zero attached hydrogens (tertiary/aromatic N) is 1. The molecule has 0 aliphatic rings. The molecule has 0 atom stereocenters. The smallest absolute Gasteiger partial charge is 0.241 e. The van der Waals surface area contributed by atoms with Crippen LogP contribution in [0.4, 0.5) is 0 Å². The van der Waals surface area contributed by atoms with Crippen molar-refractivity contribution >= 4 is 5.91 Å². The van der Waals surface area contributed by atoms with E-state index in [1.54, 1.807) is 12.2 Å². The largest absolute Gasteiger partial charge is 0.366 e. The second-order valence-electron chi connectivity index (χ2n) is 2.31. The molecule has 0 aliphatic heterocycles. The summed E-state index contributed by atoms with van der Waals surface area (Å²) >= 11 is 0. The SMILES string of the molecule is C=CCN(C)C/C=C/C(N)=O. The molecular formula is C8H14N2O. The fraction of sp³-hybridized carbons (Fsp3) is 0.375. The van der Waals surface area contributed by atoms with E-state index >= 15 is 0 Å². The van der Waals surface area contributed by atoms with Crippen LogP contribution in [-0.2, 0) is 4.79 Å². The highest BCUT2D eigenvalue weighted by atomic mass is 16.1. The minimum absolute atomic E-state index is 0.406. The molecule has 0 aromatic carbocycles. The summed E-state index contributed by atoms with van der Waals surface area (Å²) in [5.74, 6) is -0.406. The fourth-order valence-corrected chi connectivity index (χ4v) is 0.644. The maximum absolute atomic E-state index is 10.2. The van der Waals surface area contributed by atoms with E-state index in [0.717, 1.165) is 13.1 Å². The summed E-state index contributed by atoms with van der Waals surface area (Å²) in [5.41, 5.74) is 4.89. The second-order valence-corrected chi connectivity index (χ2v) is 2.31. The van der Waals surface area contributed by atoms with Crippen molar-refractivity contribution in [2.45, 2.75) is 0 Å². The number of carbonyl (C=O) groups is 1. The zero-order chi connectivity index (χ0) is 8.69. The molecule has 0 aromatic heterocycles. The van der Waals surface area contributed by atoms with Gasteiger partial charge in [-0.1, -0.05) is 12.2 Å². The summed E-state index contributed by atoms with van der Waals surface area (Å²) in [5, 5.41) is 0. The first-order valence-corrected chi connectivity index (χ1v) is 3.42. The lowest BCUT2D eigenvalue weighted by atomic mass is 10.4. The quantitative estimate of drug-likeness (QED) is 0.452. The van der Waals surface area contributed by atoms with E-state index in [0.29, 0.717) is 0 Å². The van der Waals surface area contributed by atoms with Gasteiger partial charge in [0.2, 0.25) is 5.91 Å². The van der Waals surface area contributed by atoms with Gasteiger partial charge in [0.25, 0.3) is 0 Å². The van der Waals surface area contributed by atoms with Crippen LogP contribution in [0.3, 0.4) is 0 Å². The number of rotatable bonds is 5. The fourth-order valence-electron chi connectivity index (χ4n) is 0.644. The van der Waals surface area contributed by atoms with Crippen LogP contribution in [0, 0.1) is 0 Å². The first-order chi connectivity index (χ1) is 5.16. The van der Waals surface area contributed by atoms with Crippen LogP contribution in [0.2, 0.25) is 0 Å². The molecule has 0 unspecified atom stereocenters. The average Bonchev–Trinajstić information content (AvgIpc) is 1.87. The van der Waals surface area contributed by atoms with Gasteiger partial charge >= 0.3 is 0 Å². The highest BCUT2D eigenvalue weighted by Crippen LogP contribution is 1.82. The Morgan fingerprint density at radius 1 is 1.64 bits per heavy atom. The lowest BCUT2D eigenvalue weighted by Crippen LogP contribution is -2.18. The first-order valence-electron chi connectivity index (χ1n) is 3.42. The van der Waals surface area contributed by atoms with Gasteiger partial charge in [-0.05, 0) is 13.1 Å². The minimum Gasteiger partial charge on any atom is -0.366 e. The molecule has 0 rings (SSSR count). The molecule has 3 nitrogen and oxygen atoms in total. The second kappa shape index (κ2) is 5.68. The van der Waals surface area contributed by atoms with Crippen molar-refractivity contribution in [3.8, 4) is 0 Å². The maximum Gasteiger partial charge on any atom is 0.241 e. The summed E-state index contributed by atoms with van der Waals surface area (Å²) in [6.45, 7) is 5.11. The Balaban J connectivity index is 3.51. The van der Waals surface area contributed by atoms with Gasteiger partial charge in [0, 0.05) is 13.1 Å². The predicted octanol–water partition coefficient (Wildman–Crippen LogP) is 0.146. The van der Waals surface area contributed by atoms with Crippen molar-refractivity contribution < 1.29 is 4.79 Å². The van der Waals surface area contributed by atoms with Gasteiger partial charge in [-0.3, -0.25) is 9.69 Å². The zero-order valence-corrected chi connectivity index (χ0v) is 6.79. The first kappa shape index (κ1) is 9.91. The molecule has 0 saturated carbocycles. The molecule has 0 fully saturated rings. The predicted molar refractivity (Wildman–Crippen MR) is 46.0 cm³/mol. The van der Waals surface area contributed by atoms with Crippen molar-refractivity contribution in [3.05, 3.63) is 24.8 Å². The van der Waals surface area contributed by atoms with E-state index in [4.69, 9.17) is 5.73 Å². The van der Waals surface area contributed by atoms with E-state index in [-0.39, 0.29) is 0 Å². The lowest BCUT2D eigenvalue weighted by Gasteiger charge is -2.09. The molecule has 3 heteroatoms. The van der Waals surface area contributed by atoms with E-state index in [1.807, 2.05) is 11.9 Å². The van der Waals surface area contributed by atoms with Crippen LogP contribution in [0.15, 0.2) is 24.8 Å². The van der Waals surface area contributed by atoms with Gasteiger partial charge in [0.15, 0.2) is 0 Å². The summed E-state index contributed by atoms with van der Waals surface area (Å²) in [7, 11) is 1.94. The van der Waals surface area contributed by atoms with Gasteiger partial charge in [-0.2, -0.15) is 0 Å². The third-order valence-corrected chi connectivity index (χ3v) is 1.14. The molecule has 2 N–H and O–H groups in total. The Kier molecular flexibility index (Phi) is 5.11. The Hall–Kier alpha value is -1.09. The van der Waals surface area contributed by atoms with Gasteiger partial charge < -0.3 is 5.73 Å². The molecule has 0 spiro atoms. The number of hydrogen-bond acceptors (Lipinski definition) is 2. The number of nitrogens with two attached hydrogens (primary N) is 1. The van der Waals surface area contributed by atoms with Gasteiger partial charge in [-0.15, -0.1) is 6.58 Å². The number of carbonyl (C=O) groups excluding carboxylic acids is 1. The Morgan fingerprint density at radius 2 is 2.27 bits per heavy atom. The molecule has 0 radical (unpaired) electrons. The number of likely N-dealkylation sites (N-methyl/N-ethyl adjacent to an activating group) is 1. The molecule has 0 bridgehead atoms. The summed E-state index contributed by atoms with van der Waals surface area (Å²) < 4.78 is 0. The summed E-state index contributed by atoms with van der Waals surface area (Å²) in [6, 6.07) is 0. The van der Waals surface area contributed by atoms with Crippen molar-refractivity contribution in [3.63, 3.8) is 0 Å². The normalized spacial score (nSPS) is 10.7. The monoisotopic (exact) mass is 154 g/mol. The van der Waals surface area contributed by atoms with Gasteiger partial charge in [0.1, 0.15) is 0 Å². The summed E-state index contributed by atoms with van der Waals surface area (Å²) in [6.07, 6.45) is 4.89. The molecule has 1 amide bonds. The maximum atomic E-state index is 10.2. The molecule has 11 heavy (non-hydrogen) atoms. The topological polar surface area (TPSA) is 46.3 Å². The van der Waals surface area contributed by atoms with Crippen LogP contribution in [0.25, 0.3) is 0 Å². The van der Waals surface area contributed by atoms with E-state index in [9.17, 15) is 4.79 Å². The zero-order valence-electron chi connectivity index (χ0n) is 6.79. The number of primary amides is 1. The van der Waals surface area contributed by atoms with E-state index in [2.05, 4.69) is 6.58 Å². The highest BCUT2D eigenvalue weighted by molar-refractivity contribution is 5.85. The van der Waals surface area contributed by atoms with E-state index in [1.165, 1.54) is 6.08 Å². The molecule has 0 heterocycles. The lowest BCUT2D eigenvalue weighted by molar-refractivity contribution is -0.113. The van der Waals surface area contributed by atoms with Crippen molar-refractivity contribution in [2.75, 3.05) is 20.1 Å². The minimum atomic E-state index is -0.406. The van der Waals surface area contributed by atoms with Crippen LogP contribution >= 0.6 is 0 Å². The van der Waals surface area contributed by atoms with Gasteiger partial charge in [-0.25, -0.2) is 0 Å². The van der Waals surface area contributed by atoms with Crippen molar-refractivity contribution in [2.24, 2.45) is 5.73 Å². The summed E-state index contributed by atoms with van der Waals surface area (Å²) in [4.78, 5) is 12.2. The Morgan fingerprint density at radius 3 is 2.73 bits per heavy atom. The molecule has 62 valence electrons. The van der Waals surface area contributed by atoms with Crippen LogP contribution in [-0.4, -0.2) is 30.9 Å². The number of hydrogen-bond donors (Lipinski definition) is 1. The van der Waals surface area contributed by atoms with E-state index < -0.39 is 5.91 Å². The van der Waals surface area contributed by atoms with Gasteiger partial charge in [0.05, 0.1) is 0 Å². The third kappa shape index (κ3) is 6.80. The van der Waals surface area contributed by atoms with Crippen LogP contribution in [0.5, 0.6) is 0 Å². The average molecular weight is 154 g/mol. The Labute approximate surface area is 67.2 Å². The molecular weight excluding hydrogens is 140 g/mol. The van der Waals surface area contributed by atoms with Crippen molar-refractivity contribution in [1.29, 1.82) is 0 Å². The molecule has 0 aromatic rings. The van der Waals surface area contributed by atoms with Crippen LogP contribution in [0.1, 0.15) is 0 Å². The van der Waals surface area contributed by atoms with Crippen molar-refractivity contribution in [1.82, 2.24) is 4.90 Å². The third-order valence-electron chi connectivity index (χ3n) is 1.14. The molecule has 0 saturated heterocycles. The number of amides is 1. The standard InChI is InChI=1S/C8H14N2O/c1-3-6-10(2)7-4-5-8(9)11/h3-5H,1,6-7H2,2H3,(H2,9,11)/b5-4+.